The van der Waals surface area contributed by atoms with Gasteiger partial charge in [0.05, 0.1) is 10.9 Å². The van der Waals surface area contributed by atoms with E-state index in [0.717, 1.165) is 44.6 Å². The van der Waals surface area contributed by atoms with Crippen LogP contribution in [-0.2, 0) is 15.7 Å². The van der Waals surface area contributed by atoms with Gasteiger partial charge in [0.15, 0.2) is 21.5 Å². The second kappa shape index (κ2) is 9.79. The third-order valence-electron chi connectivity index (χ3n) is 5.97. The normalized spacial score (nSPS) is 16.2. The van der Waals surface area contributed by atoms with Gasteiger partial charge in [0, 0.05) is 31.9 Å². The molecule has 170 valence electrons. The summed E-state index contributed by atoms with van der Waals surface area (Å²) >= 11 is 0. The van der Waals surface area contributed by atoms with Crippen molar-refractivity contribution in [2.45, 2.75) is 43.5 Å². The van der Waals surface area contributed by atoms with Crippen molar-refractivity contribution in [3.63, 3.8) is 0 Å². The third kappa shape index (κ3) is 4.99. The van der Waals surface area contributed by atoms with E-state index in [2.05, 4.69) is 56.5 Å². The molecule has 0 amide bonds. The largest absolute Gasteiger partial charge is 0.369 e. The van der Waals surface area contributed by atoms with E-state index in [4.69, 9.17) is 0 Å². The van der Waals surface area contributed by atoms with Crippen LogP contribution in [0.5, 0.6) is 0 Å². The van der Waals surface area contributed by atoms with Gasteiger partial charge in [0.25, 0.3) is 0 Å². The molecule has 8 nitrogen and oxygen atoms in total. The molecule has 0 unspecified atom stereocenters. The Morgan fingerprint density at radius 2 is 1.66 bits per heavy atom. The summed E-state index contributed by atoms with van der Waals surface area (Å²) in [6.07, 6.45) is 1.83. The van der Waals surface area contributed by atoms with Crippen LogP contribution < -0.4 is 4.90 Å². The standard InChI is InChI=1S/C23H30N6O2S/c1-3-7-22(28-16-14-27(15-17-28)20-8-5-4-6-9-20)23-24-25-26-29(23)18-32(30,31)21-12-10-19(2)11-13-21/h4-6,8-13,22H,3,7,14-18H2,1-2H3/t22-/m0/s1. The number of benzene rings is 2. The Bertz CT molecular complexity index is 1110. The first-order valence-electron chi connectivity index (χ1n) is 11.1. The Morgan fingerprint density at radius 1 is 0.969 bits per heavy atom. The minimum Gasteiger partial charge on any atom is -0.369 e. The van der Waals surface area contributed by atoms with Crippen molar-refractivity contribution in [3.05, 3.63) is 66.0 Å². The second-order valence-electron chi connectivity index (χ2n) is 8.26. The fourth-order valence-corrected chi connectivity index (χ4v) is 5.41. The fraction of sp³-hybridized carbons (Fsp3) is 0.435. The van der Waals surface area contributed by atoms with Crippen LogP contribution in [0.15, 0.2) is 59.5 Å². The average molecular weight is 455 g/mol. The minimum absolute atomic E-state index is 0.0128. The Balaban J connectivity index is 1.50. The number of anilines is 1. The number of nitrogens with zero attached hydrogens (tertiary/aromatic N) is 6. The second-order valence-corrected chi connectivity index (χ2v) is 10.2. The highest BCUT2D eigenvalue weighted by Crippen LogP contribution is 2.27. The fourth-order valence-electron chi connectivity index (χ4n) is 4.20. The van der Waals surface area contributed by atoms with Crippen LogP contribution in [0.2, 0.25) is 0 Å². The van der Waals surface area contributed by atoms with Gasteiger partial charge < -0.3 is 4.90 Å². The number of hydrogen-bond donors (Lipinski definition) is 0. The predicted molar refractivity (Wildman–Crippen MR) is 124 cm³/mol. The SMILES string of the molecule is CCC[C@@H](c1nnnn1CS(=O)(=O)c1ccc(C)cc1)N1CCN(c2ccccc2)CC1. The van der Waals surface area contributed by atoms with Gasteiger partial charge in [-0.15, -0.1) is 5.10 Å². The van der Waals surface area contributed by atoms with Crippen LogP contribution in [0.1, 0.15) is 37.2 Å². The summed E-state index contributed by atoms with van der Waals surface area (Å²) < 4.78 is 27.4. The Kier molecular flexibility index (Phi) is 6.86. The smallest absolute Gasteiger partial charge is 0.198 e. The Morgan fingerprint density at radius 3 is 2.31 bits per heavy atom. The highest BCUT2D eigenvalue weighted by atomic mass is 32.2. The van der Waals surface area contributed by atoms with Gasteiger partial charge in [-0.3, -0.25) is 4.90 Å². The highest BCUT2D eigenvalue weighted by Gasteiger charge is 2.30. The molecule has 9 heteroatoms. The molecule has 1 aliphatic rings. The van der Waals surface area contributed by atoms with Gasteiger partial charge in [-0.1, -0.05) is 49.2 Å². The number of piperazine rings is 1. The van der Waals surface area contributed by atoms with E-state index in [9.17, 15) is 8.42 Å². The molecule has 1 saturated heterocycles. The molecular formula is C23H30N6O2S. The monoisotopic (exact) mass is 454 g/mol. The topological polar surface area (TPSA) is 84.2 Å². The Hall–Kier alpha value is -2.78. The molecule has 1 aliphatic heterocycles. The zero-order valence-corrected chi connectivity index (χ0v) is 19.4. The van der Waals surface area contributed by atoms with Gasteiger partial charge in [0.1, 0.15) is 0 Å². The van der Waals surface area contributed by atoms with Gasteiger partial charge in [-0.2, -0.15) is 0 Å². The van der Waals surface area contributed by atoms with Crippen molar-refractivity contribution in [1.82, 2.24) is 25.1 Å². The van der Waals surface area contributed by atoms with E-state index in [1.165, 1.54) is 10.4 Å². The van der Waals surface area contributed by atoms with E-state index < -0.39 is 9.84 Å². The molecular weight excluding hydrogens is 424 g/mol. The van der Waals surface area contributed by atoms with Crippen LogP contribution >= 0.6 is 0 Å². The molecule has 1 fully saturated rings. The van der Waals surface area contributed by atoms with E-state index in [1.807, 2.05) is 13.0 Å². The molecule has 2 heterocycles. The van der Waals surface area contributed by atoms with Crippen LogP contribution in [-0.4, -0.2) is 59.7 Å². The first-order valence-corrected chi connectivity index (χ1v) is 12.7. The molecule has 4 rings (SSSR count). The Labute approximate surface area is 189 Å². The molecule has 0 spiro atoms. The summed E-state index contributed by atoms with van der Waals surface area (Å²) in [5, 5.41) is 12.1. The van der Waals surface area contributed by atoms with Crippen molar-refractivity contribution in [2.24, 2.45) is 0 Å². The maximum Gasteiger partial charge on any atom is 0.198 e. The van der Waals surface area contributed by atoms with Crippen molar-refractivity contribution < 1.29 is 8.42 Å². The molecule has 3 aromatic rings. The highest BCUT2D eigenvalue weighted by molar-refractivity contribution is 7.90. The number of aromatic nitrogens is 4. The number of hydrogen-bond acceptors (Lipinski definition) is 7. The number of rotatable bonds is 8. The van der Waals surface area contributed by atoms with Crippen LogP contribution in [0.25, 0.3) is 0 Å². The lowest BCUT2D eigenvalue weighted by molar-refractivity contribution is 0.165. The molecule has 1 atom stereocenters. The maximum atomic E-state index is 13.0. The van der Waals surface area contributed by atoms with Gasteiger partial charge >= 0.3 is 0 Å². The average Bonchev–Trinajstić information content (AvgIpc) is 3.25. The molecule has 32 heavy (non-hydrogen) atoms. The van der Waals surface area contributed by atoms with E-state index in [-0.39, 0.29) is 16.8 Å². The van der Waals surface area contributed by atoms with Crippen LogP contribution in [0.4, 0.5) is 5.69 Å². The molecule has 0 saturated carbocycles. The first kappa shape index (κ1) is 22.4. The van der Waals surface area contributed by atoms with E-state index in [0.29, 0.717) is 5.82 Å². The first-order chi connectivity index (χ1) is 15.5. The zero-order chi connectivity index (χ0) is 22.6. The van der Waals surface area contributed by atoms with Gasteiger partial charge in [-0.05, 0) is 48.0 Å². The van der Waals surface area contributed by atoms with Crippen molar-refractivity contribution >= 4 is 15.5 Å². The number of tetrazole rings is 1. The molecule has 1 aromatic heterocycles. The summed E-state index contributed by atoms with van der Waals surface area (Å²) in [5.74, 6) is 0.360. The summed E-state index contributed by atoms with van der Waals surface area (Å²) in [4.78, 5) is 5.04. The summed E-state index contributed by atoms with van der Waals surface area (Å²) in [7, 11) is -3.55. The third-order valence-corrected chi connectivity index (χ3v) is 7.54. The minimum atomic E-state index is -3.55. The predicted octanol–water partition coefficient (Wildman–Crippen LogP) is 3.08. The summed E-state index contributed by atoms with van der Waals surface area (Å²) in [6.45, 7) is 7.63. The molecule has 0 N–H and O–H groups in total. The van der Waals surface area contributed by atoms with Crippen LogP contribution in [0.3, 0.4) is 0 Å². The molecule has 2 aromatic carbocycles. The molecule has 0 radical (unpaired) electrons. The van der Waals surface area contributed by atoms with E-state index >= 15 is 0 Å². The maximum absolute atomic E-state index is 13.0. The molecule has 0 bridgehead atoms. The van der Waals surface area contributed by atoms with Crippen molar-refractivity contribution in [1.29, 1.82) is 0 Å². The van der Waals surface area contributed by atoms with Crippen molar-refractivity contribution in [3.8, 4) is 0 Å². The van der Waals surface area contributed by atoms with Gasteiger partial charge in [-0.25, -0.2) is 13.1 Å². The number of para-hydroxylation sites is 1. The summed E-state index contributed by atoms with van der Waals surface area (Å²) in [5.41, 5.74) is 2.25. The quantitative estimate of drug-likeness (QED) is 0.517. The number of sulfone groups is 1. The lowest BCUT2D eigenvalue weighted by atomic mass is 10.1. The van der Waals surface area contributed by atoms with Crippen LogP contribution in [0, 0.1) is 6.92 Å². The summed E-state index contributed by atoms with van der Waals surface area (Å²) in [6, 6.07) is 17.3. The molecule has 0 aliphatic carbocycles. The lowest BCUT2D eigenvalue weighted by Crippen LogP contribution is -2.48. The van der Waals surface area contributed by atoms with E-state index in [1.54, 1.807) is 24.3 Å². The lowest BCUT2D eigenvalue weighted by Gasteiger charge is -2.39. The zero-order valence-electron chi connectivity index (χ0n) is 18.6. The van der Waals surface area contributed by atoms with Crippen molar-refractivity contribution in [2.75, 3.05) is 31.1 Å². The van der Waals surface area contributed by atoms with Gasteiger partial charge in [0.2, 0.25) is 0 Å². The number of aryl methyl sites for hydroxylation is 1.